The minimum atomic E-state index is 0.0236. The van der Waals surface area contributed by atoms with E-state index in [1.165, 1.54) is 11.1 Å². The fraction of sp³-hybridized carbons (Fsp3) is 0.273. The summed E-state index contributed by atoms with van der Waals surface area (Å²) in [5.74, 6) is 0.0236. The van der Waals surface area contributed by atoms with Crippen molar-refractivity contribution in [1.29, 1.82) is 0 Å². The molecule has 0 spiro atoms. The zero-order chi connectivity index (χ0) is 18.1. The van der Waals surface area contributed by atoms with E-state index < -0.39 is 0 Å². The monoisotopic (exact) mass is 345 g/mol. The lowest BCUT2D eigenvalue weighted by Crippen LogP contribution is -2.46. The summed E-state index contributed by atoms with van der Waals surface area (Å²) in [6.07, 6.45) is 2.65. The van der Waals surface area contributed by atoms with E-state index in [0.717, 1.165) is 23.9 Å². The highest BCUT2D eigenvalue weighted by Crippen LogP contribution is 2.23. The largest absolute Gasteiger partial charge is 0.340 e. The molecule has 0 saturated heterocycles. The molecule has 0 unspecified atom stereocenters. The number of hydrogen-bond acceptors (Lipinski definition) is 3. The first-order valence-electron chi connectivity index (χ1n) is 8.99. The van der Waals surface area contributed by atoms with Gasteiger partial charge in [-0.25, -0.2) is 0 Å². The van der Waals surface area contributed by atoms with Gasteiger partial charge in [-0.3, -0.25) is 14.7 Å². The van der Waals surface area contributed by atoms with Gasteiger partial charge in [0.1, 0.15) is 0 Å². The highest BCUT2D eigenvalue weighted by molar-refractivity contribution is 5.97. The van der Waals surface area contributed by atoms with Crippen molar-refractivity contribution in [2.75, 3.05) is 20.6 Å². The lowest BCUT2D eigenvalue weighted by Gasteiger charge is -2.36. The van der Waals surface area contributed by atoms with Gasteiger partial charge in [0.25, 0.3) is 5.91 Å². The molecule has 3 aromatic rings. The second-order valence-corrected chi connectivity index (χ2v) is 7.14. The molecule has 0 aliphatic carbocycles. The van der Waals surface area contributed by atoms with Crippen molar-refractivity contribution in [1.82, 2.24) is 14.8 Å². The van der Waals surface area contributed by atoms with Crippen LogP contribution in [0.5, 0.6) is 0 Å². The lowest BCUT2D eigenvalue weighted by atomic mass is 9.94. The van der Waals surface area contributed by atoms with Crippen molar-refractivity contribution in [2.24, 2.45) is 0 Å². The van der Waals surface area contributed by atoms with Gasteiger partial charge in [0, 0.05) is 37.8 Å². The highest BCUT2D eigenvalue weighted by Gasteiger charge is 2.26. The first-order valence-corrected chi connectivity index (χ1v) is 8.99. The van der Waals surface area contributed by atoms with Crippen LogP contribution in [0.25, 0.3) is 10.9 Å². The van der Waals surface area contributed by atoms with Crippen molar-refractivity contribution in [2.45, 2.75) is 19.0 Å². The van der Waals surface area contributed by atoms with E-state index >= 15 is 0 Å². The van der Waals surface area contributed by atoms with Crippen LogP contribution in [0.1, 0.15) is 21.5 Å². The third-order valence-electron chi connectivity index (χ3n) is 5.29. The van der Waals surface area contributed by atoms with E-state index in [9.17, 15) is 4.79 Å². The Morgan fingerprint density at radius 1 is 1.15 bits per heavy atom. The number of amides is 1. The average molecular weight is 345 g/mol. The van der Waals surface area contributed by atoms with Crippen molar-refractivity contribution in [3.63, 3.8) is 0 Å². The molecule has 4 heteroatoms. The number of rotatable bonds is 3. The van der Waals surface area contributed by atoms with Crippen molar-refractivity contribution in [3.05, 3.63) is 77.5 Å². The summed E-state index contributed by atoms with van der Waals surface area (Å²) in [5, 5.41) is 0.996. The number of hydrogen-bond donors (Lipinski definition) is 0. The average Bonchev–Trinajstić information content (AvgIpc) is 2.67. The number of carbonyl (C=O) groups is 1. The highest BCUT2D eigenvalue weighted by atomic mass is 16.2. The minimum Gasteiger partial charge on any atom is -0.340 e. The van der Waals surface area contributed by atoms with Gasteiger partial charge in [0.05, 0.1) is 11.1 Å². The van der Waals surface area contributed by atoms with Gasteiger partial charge in [-0.05, 0) is 36.7 Å². The van der Waals surface area contributed by atoms with Gasteiger partial charge < -0.3 is 4.90 Å². The molecule has 1 aliphatic rings. The van der Waals surface area contributed by atoms with E-state index in [2.05, 4.69) is 41.2 Å². The summed E-state index contributed by atoms with van der Waals surface area (Å²) in [5.41, 5.74) is 4.34. The molecule has 132 valence electrons. The number of pyridine rings is 1. The summed E-state index contributed by atoms with van der Waals surface area (Å²) in [6.45, 7) is 1.64. The summed E-state index contributed by atoms with van der Waals surface area (Å²) in [6, 6.07) is 18.7. The fourth-order valence-electron chi connectivity index (χ4n) is 3.73. The van der Waals surface area contributed by atoms with Gasteiger partial charge in [-0.2, -0.15) is 0 Å². The summed E-state index contributed by atoms with van der Waals surface area (Å²) < 4.78 is 0. The standard InChI is InChI=1S/C22H23N3O/c1-24-14-18-9-4-3-7-16(18)12-20(24)15-25(2)22(26)19-11-17-8-5-6-10-21(17)23-13-19/h3-11,13,20H,12,14-15H2,1-2H3/t20-/m0/s1. The molecule has 4 nitrogen and oxygen atoms in total. The Kier molecular flexibility index (Phi) is 4.43. The quantitative estimate of drug-likeness (QED) is 0.730. The molecule has 0 fully saturated rings. The lowest BCUT2D eigenvalue weighted by molar-refractivity contribution is 0.0733. The van der Waals surface area contributed by atoms with Crippen LogP contribution in [0.15, 0.2) is 60.8 Å². The van der Waals surface area contributed by atoms with Crippen molar-refractivity contribution >= 4 is 16.8 Å². The Bertz CT molecular complexity index is 953. The Balaban J connectivity index is 1.50. The normalized spacial score (nSPS) is 17.1. The molecule has 1 aromatic heterocycles. The van der Waals surface area contributed by atoms with E-state index in [1.807, 2.05) is 42.3 Å². The smallest absolute Gasteiger partial charge is 0.255 e. The van der Waals surface area contributed by atoms with Gasteiger partial charge >= 0.3 is 0 Å². The number of aromatic nitrogens is 1. The predicted octanol–water partition coefficient (Wildman–Crippen LogP) is 3.36. The van der Waals surface area contributed by atoms with Crippen LogP contribution < -0.4 is 0 Å². The molecular weight excluding hydrogens is 322 g/mol. The van der Waals surface area contributed by atoms with Crippen LogP contribution in [-0.2, 0) is 13.0 Å². The van der Waals surface area contributed by atoms with Crippen LogP contribution >= 0.6 is 0 Å². The molecule has 2 aromatic carbocycles. The van der Waals surface area contributed by atoms with Crippen LogP contribution in [0, 0.1) is 0 Å². The minimum absolute atomic E-state index is 0.0236. The molecular formula is C22H23N3O. The number of carbonyl (C=O) groups excluding carboxylic acids is 1. The second-order valence-electron chi connectivity index (χ2n) is 7.14. The molecule has 2 heterocycles. The van der Waals surface area contributed by atoms with Crippen LogP contribution in [0.2, 0.25) is 0 Å². The molecule has 0 bridgehead atoms. The van der Waals surface area contributed by atoms with E-state index in [4.69, 9.17) is 0 Å². The van der Waals surface area contributed by atoms with Crippen molar-refractivity contribution in [3.8, 4) is 0 Å². The fourth-order valence-corrected chi connectivity index (χ4v) is 3.73. The molecule has 26 heavy (non-hydrogen) atoms. The van der Waals surface area contributed by atoms with Gasteiger partial charge in [0.15, 0.2) is 0 Å². The number of likely N-dealkylation sites (N-methyl/N-ethyl adjacent to an activating group) is 2. The number of nitrogens with zero attached hydrogens (tertiary/aromatic N) is 3. The third kappa shape index (κ3) is 3.20. The van der Waals surface area contributed by atoms with Gasteiger partial charge in [-0.15, -0.1) is 0 Å². The molecule has 0 N–H and O–H groups in total. The Morgan fingerprint density at radius 2 is 1.88 bits per heavy atom. The third-order valence-corrected chi connectivity index (χ3v) is 5.29. The molecule has 4 rings (SSSR count). The first-order chi connectivity index (χ1) is 12.6. The number of para-hydroxylation sites is 1. The summed E-state index contributed by atoms with van der Waals surface area (Å²) in [4.78, 5) is 21.5. The number of fused-ring (bicyclic) bond motifs is 2. The van der Waals surface area contributed by atoms with Crippen LogP contribution in [0.4, 0.5) is 0 Å². The van der Waals surface area contributed by atoms with Gasteiger partial charge in [-0.1, -0.05) is 42.5 Å². The van der Waals surface area contributed by atoms with Crippen LogP contribution in [0.3, 0.4) is 0 Å². The molecule has 0 radical (unpaired) electrons. The topological polar surface area (TPSA) is 36.4 Å². The zero-order valence-corrected chi connectivity index (χ0v) is 15.2. The summed E-state index contributed by atoms with van der Waals surface area (Å²) >= 11 is 0. The Morgan fingerprint density at radius 3 is 2.73 bits per heavy atom. The van der Waals surface area contributed by atoms with Gasteiger partial charge in [0.2, 0.25) is 0 Å². The molecule has 1 aliphatic heterocycles. The van der Waals surface area contributed by atoms with E-state index in [-0.39, 0.29) is 5.91 Å². The SMILES string of the molecule is CN(C[C@@H]1Cc2ccccc2CN1C)C(=O)c1cnc2ccccc2c1. The number of benzene rings is 2. The van der Waals surface area contributed by atoms with Crippen LogP contribution in [-0.4, -0.2) is 47.4 Å². The second kappa shape index (κ2) is 6.89. The maximum absolute atomic E-state index is 12.9. The maximum atomic E-state index is 12.9. The van der Waals surface area contributed by atoms with E-state index in [0.29, 0.717) is 18.2 Å². The van der Waals surface area contributed by atoms with E-state index in [1.54, 1.807) is 6.20 Å². The maximum Gasteiger partial charge on any atom is 0.255 e. The first kappa shape index (κ1) is 16.7. The molecule has 1 atom stereocenters. The zero-order valence-electron chi connectivity index (χ0n) is 15.2. The Labute approximate surface area is 154 Å². The summed E-state index contributed by atoms with van der Waals surface area (Å²) in [7, 11) is 4.02. The molecule has 1 amide bonds. The van der Waals surface area contributed by atoms with Crippen molar-refractivity contribution < 1.29 is 4.79 Å². The Hall–Kier alpha value is -2.72. The predicted molar refractivity (Wildman–Crippen MR) is 104 cm³/mol. The molecule has 0 saturated carbocycles.